The van der Waals surface area contributed by atoms with Crippen molar-refractivity contribution in [1.82, 2.24) is 5.32 Å². The van der Waals surface area contributed by atoms with E-state index in [1.807, 2.05) is 12.1 Å². The standard InChI is InChI=1S/C16H24FNS/c1-3-18-12(2)14-8-9-16(15(17)10-14)19-11-13-6-4-5-7-13/h8-10,12-13,18H,3-7,11H2,1-2H3. The highest BCUT2D eigenvalue weighted by Gasteiger charge is 2.16. The summed E-state index contributed by atoms with van der Waals surface area (Å²) in [6.07, 6.45) is 5.36. The molecule has 3 heteroatoms. The Hall–Kier alpha value is -0.540. The van der Waals surface area contributed by atoms with Gasteiger partial charge in [0.15, 0.2) is 0 Å². The van der Waals surface area contributed by atoms with Crippen molar-refractivity contribution >= 4 is 11.8 Å². The van der Waals surface area contributed by atoms with Crippen LogP contribution in [0.1, 0.15) is 51.1 Å². The molecule has 1 aliphatic carbocycles. The van der Waals surface area contributed by atoms with Crippen molar-refractivity contribution in [3.8, 4) is 0 Å². The molecule has 0 radical (unpaired) electrons. The molecule has 0 heterocycles. The van der Waals surface area contributed by atoms with Gasteiger partial charge in [-0.05, 0) is 49.9 Å². The average molecular weight is 281 g/mol. The van der Waals surface area contributed by atoms with E-state index in [-0.39, 0.29) is 11.9 Å². The number of hydrogen-bond acceptors (Lipinski definition) is 2. The molecular formula is C16H24FNS. The number of benzene rings is 1. The van der Waals surface area contributed by atoms with E-state index in [0.29, 0.717) is 0 Å². The third-order valence-electron chi connectivity index (χ3n) is 3.92. The van der Waals surface area contributed by atoms with E-state index in [2.05, 4.69) is 19.2 Å². The Bertz CT molecular complexity index is 402. The molecular weight excluding hydrogens is 257 g/mol. The minimum Gasteiger partial charge on any atom is -0.310 e. The summed E-state index contributed by atoms with van der Waals surface area (Å²) in [5, 5.41) is 3.31. The van der Waals surface area contributed by atoms with Gasteiger partial charge in [-0.3, -0.25) is 0 Å². The van der Waals surface area contributed by atoms with E-state index in [1.54, 1.807) is 17.8 Å². The Morgan fingerprint density at radius 2 is 2.11 bits per heavy atom. The normalized spacial score (nSPS) is 17.8. The van der Waals surface area contributed by atoms with Crippen LogP contribution in [0.5, 0.6) is 0 Å². The van der Waals surface area contributed by atoms with Crippen LogP contribution in [0.4, 0.5) is 4.39 Å². The minimum atomic E-state index is -0.0646. The van der Waals surface area contributed by atoms with Gasteiger partial charge in [0.1, 0.15) is 5.82 Å². The van der Waals surface area contributed by atoms with Crippen LogP contribution < -0.4 is 5.32 Å². The number of nitrogens with one attached hydrogen (secondary N) is 1. The van der Waals surface area contributed by atoms with Crippen LogP contribution in [0.15, 0.2) is 23.1 Å². The zero-order chi connectivity index (χ0) is 13.7. The Balaban J connectivity index is 1.94. The summed E-state index contributed by atoms with van der Waals surface area (Å²) in [6, 6.07) is 5.89. The molecule has 106 valence electrons. The Morgan fingerprint density at radius 1 is 1.37 bits per heavy atom. The van der Waals surface area contributed by atoms with Crippen LogP contribution in [-0.2, 0) is 0 Å². The fraction of sp³-hybridized carbons (Fsp3) is 0.625. The first-order valence-corrected chi connectivity index (χ1v) is 8.35. The zero-order valence-electron chi connectivity index (χ0n) is 11.9. The van der Waals surface area contributed by atoms with Crippen molar-refractivity contribution in [2.45, 2.75) is 50.5 Å². The van der Waals surface area contributed by atoms with Crippen LogP contribution in [0, 0.1) is 11.7 Å². The number of hydrogen-bond donors (Lipinski definition) is 1. The van der Waals surface area contributed by atoms with E-state index in [9.17, 15) is 4.39 Å². The lowest BCUT2D eigenvalue weighted by atomic mass is 10.1. The molecule has 0 aliphatic heterocycles. The molecule has 19 heavy (non-hydrogen) atoms. The monoisotopic (exact) mass is 281 g/mol. The van der Waals surface area contributed by atoms with Gasteiger partial charge in [0.05, 0.1) is 0 Å². The van der Waals surface area contributed by atoms with Gasteiger partial charge in [0.2, 0.25) is 0 Å². The van der Waals surface area contributed by atoms with Crippen molar-refractivity contribution < 1.29 is 4.39 Å². The number of rotatable bonds is 6. The minimum absolute atomic E-state index is 0.0646. The SMILES string of the molecule is CCNC(C)c1ccc(SCC2CCCC2)c(F)c1. The van der Waals surface area contributed by atoms with Crippen molar-refractivity contribution in [2.24, 2.45) is 5.92 Å². The van der Waals surface area contributed by atoms with E-state index < -0.39 is 0 Å². The lowest BCUT2D eigenvalue weighted by Crippen LogP contribution is -2.17. The van der Waals surface area contributed by atoms with Gasteiger partial charge in [-0.1, -0.05) is 25.8 Å². The second kappa shape index (κ2) is 7.30. The van der Waals surface area contributed by atoms with E-state index >= 15 is 0 Å². The van der Waals surface area contributed by atoms with Crippen molar-refractivity contribution in [3.63, 3.8) is 0 Å². The van der Waals surface area contributed by atoms with Crippen LogP contribution in [0.3, 0.4) is 0 Å². The Labute approximate surface area is 120 Å². The molecule has 1 aromatic rings. The first-order chi connectivity index (χ1) is 9.20. The molecule has 0 spiro atoms. The second-order valence-electron chi connectivity index (χ2n) is 5.43. The highest BCUT2D eigenvalue weighted by Crippen LogP contribution is 2.32. The van der Waals surface area contributed by atoms with Gasteiger partial charge in [-0.2, -0.15) is 0 Å². The molecule has 1 fully saturated rings. The molecule has 0 saturated heterocycles. The maximum atomic E-state index is 14.1. The zero-order valence-corrected chi connectivity index (χ0v) is 12.7. The maximum absolute atomic E-state index is 14.1. The first-order valence-electron chi connectivity index (χ1n) is 7.36. The molecule has 0 aromatic heterocycles. The smallest absolute Gasteiger partial charge is 0.137 e. The fourth-order valence-corrected chi connectivity index (χ4v) is 3.82. The third-order valence-corrected chi connectivity index (χ3v) is 5.20. The van der Waals surface area contributed by atoms with Crippen LogP contribution in [0.2, 0.25) is 0 Å². The predicted octanol–water partition coefficient (Wildman–Crippen LogP) is 4.78. The quantitative estimate of drug-likeness (QED) is 0.753. The van der Waals surface area contributed by atoms with Gasteiger partial charge in [0.25, 0.3) is 0 Å². The summed E-state index contributed by atoms with van der Waals surface area (Å²) >= 11 is 1.68. The summed E-state index contributed by atoms with van der Waals surface area (Å²) in [5.41, 5.74) is 1.03. The summed E-state index contributed by atoms with van der Waals surface area (Å²) < 4.78 is 14.1. The van der Waals surface area contributed by atoms with Gasteiger partial charge >= 0.3 is 0 Å². The number of thioether (sulfide) groups is 1. The van der Waals surface area contributed by atoms with Gasteiger partial charge < -0.3 is 5.32 Å². The van der Waals surface area contributed by atoms with Gasteiger partial charge in [-0.25, -0.2) is 4.39 Å². The van der Waals surface area contributed by atoms with Gasteiger partial charge in [0, 0.05) is 16.7 Å². The molecule has 1 atom stereocenters. The highest BCUT2D eigenvalue weighted by molar-refractivity contribution is 7.99. The van der Waals surface area contributed by atoms with Crippen molar-refractivity contribution in [1.29, 1.82) is 0 Å². The number of halogens is 1. The third kappa shape index (κ3) is 4.22. The van der Waals surface area contributed by atoms with Crippen molar-refractivity contribution in [2.75, 3.05) is 12.3 Å². The largest absolute Gasteiger partial charge is 0.310 e. The molecule has 1 nitrogen and oxygen atoms in total. The molecule has 1 aliphatic rings. The molecule has 0 bridgehead atoms. The summed E-state index contributed by atoms with van der Waals surface area (Å²) in [5.74, 6) is 1.80. The maximum Gasteiger partial charge on any atom is 0.137 e. The molecule has 2 rings (SSSR count). The first kappa shape index (κ1) is 14.9. The van der Waals surface area contributed by atoms with Crippen LogP contribution >= 0.6 is 11.8 Å². The van der Waals surface area contributed by atoms with Gasteiger partial charge in [-0.15, -0.1) is 11.8 Å². The van der Waals surface area contributed by atoms with Crippen molar-refractivity contribution in [3.05, 3.63) is 29.6 Å². The molecule has 1 unspecified atom stereocenters. The van der Waals surface area contributed by atoms with E-state index in [4.69, 9.17) is 0 Å². The lowest BCUT2D eigenvalue weighted by Gasteiger charge is -2.14. The average Bonchev–Trinajstić information content (AvgIpc) is 2.90. The summed E-state index contributed by atoms with van der Waals surface area (Å²) in [4.78, 5) is 0.805. The molecule has 0 amide bonds. The Morgan fingerprint density at radius 3 is 2.74 bits per heavy atom. The molecule has 1 saturated carbocycles. The lowest BCUT2D eigenvalue weighted by molar-refractivity contribution is 0.571. The molecule has 1 aromatic carbocycles. The van der Waals surface area contributed by atoms with Crippen LogP contribution in [-0.4, -0.2) is 12.3 Å². The van der Waals surface area contributed by atoms with E-state index in [0.717, 1.165) is 28.7 Å². The summed E-state index contributed by atoms with van der Waals surface area (Å²) in [6.45, 7) is 5.04. The highest BCUT2D eigenvalue weighted by atomic mass is 32.2. The predicted molar refractivity (Wildman–Crippen MR) is 81.2 cm³/mol. The summed E-state index contributed by atoms with van der Waals surface area (Å²) in [7, 11) is 0. The van der Waals surface area contributed by atoms with E-state index in [1.165, 1.54) is 25.7 Å². The fourth-order valence-electron chi connectivity index (χ4n) is 2.71. The molecule has 1 N–H and O–H groups in total. The second-order valence-corrected chi connectivity index (χ2v) is 6.49. The van der Waals surface area contributed by atoms with Crippen LogP contribution in [0.25, 0.3) is 0 Å². The Kier molecular flexibility index (Phi) is 5.71. The topological polar surface area (TPSA) is 12.0 Å².